The molecule has 3 rings (SSSR count). The summed E-state index contributed by atoms with van der Waals surface area (Å²) in [5.74, 6) is 0. The zero-order chi connectivity index (χ0) is 19.5. The van der Waals surface area contributed by atoms with Crippen molar-refractivity contribution in [1.29, 1.82) is 0 Å². The summed E-state index contributed by atoms with van der Waals surface area (Å²) in [5.41, 5.74) is 0.260. The van der Waals surface area contributed by atoms with Crippen LogP contribution in [0.25, 0.3) is 0 Å². The van der Waals surface area contributed by atoms with Crippen molar-refractivity contribution in [1.82, 2.24) is 0 Å². The lowest BCUT2D eigenvalue weighted by molar-refractivity contribution is 0.380. The molecular formula is C20H25NO4S2. The normalized spacial score (nSPS) is 21.4. The fourth-order valence-electron chi connectivity index (χ4n) is 2.94. The van der Waals surface area contributed by atoms with E-state index < -0.39 is 25.2 Å². The van der Waals surface area contributed by atoms with Crippen molar-refractivity contribution in [2.45, 2.75) is 60.9 Å². The first-order valence-corrected chi connectivity index (χ1v) is 12.2. The number of rotatable bonds is 8. The molecule has 146 valence electrons. The summed E-state index contributed by atoms with van der Waals surface area (Å²) >= 11 is 0. The van der Waals surface area contributed by atoms with Crippen LogP contribution in [0.2, 0.25) is 0 Å². The Hall–Kier alpha value is -1.70. The maximum absolute atomic E-state index is 13.8. The standard InChI is InChI=1S/C20H25NO4S2/c1-3-4-6-11-19-20(25-19)26(22,17-9-7-5-8-10-17)21-27(23,24)18-14-12-16(2)13-15-18/h5,7-10,12-15,19-20H,3-4,6,11H2,1-2H3/t19-,20-,26?/m0/s1. The van der Waals surface area contributed by atoms with Crippen LogP contribution in [-0.2, 0) is 24.5 Å². The maximum atomic E-state index is 13.8. The lowest BCUT2D eigenvalue weighted by Crippen LogP contribution is -2.14. The average molecular weight is 408 g/mol. The monoisotopic (exact) mass is 407 g/mol. The number of aryl methyl sites for hydroxylation is 1. The SMILES string of the molecule is CCCCC[C@@H]1O[C@H]1S(=O)(=NS(=O)(=O)c1ccc(C)cc1)c1ccccc1. The van der Waals surface area contributed by atoms with Crippen LogP contribution in [0, 0.1) is 6.92 Å². The van der Waals surface area contributed by atoms with Gasteiger partial charge in [-0.25, -0.2) is 4.21 Å². The molecule has 5 nitrogen and oxygen atoms in total. The summed E-state index contributed by atoms with van der Waals surface area (Å²) in [4.78, 5) is 0.434. The van der Waals surface area contributed by atoms with Crippen LogP contribution < -0.4 is 0 Å². The van der Waals surface area contributed by atoms with Gasteiger partial charge in [-0.1, -0.05) is 65.8 Å². The van der Waals surface area contributed by atoms with Crippen molar-refractivity contribution >= 4 is 19.8 Å². The van der Waals surface area contributed by atoms with Crippen LogP contribution in [0.15, 0.2) is 68.2 Å². The highest BCUT2D eigenvalue weighted by molar-refractivity contribution is 8.03. The Morgan fingerprint density at radius 1 is 0.926 bits per heavy atom. The van der Waals surface area contributed by atoms with Gasteiger partial charge in [0.15, 0.2) is 5.44 Å². The second-order valence-corrected chi connectivity index (χ2v) is 10.9. The summed E-state index contributed by atoms with van der Waals surface area (Å²) in [6, 6.07) is 15.0. The van der Waals surface area contributed by atoms with Crippen molar-refractivity contribution in [3.05, 3.63) is 60.2 Å². The molecule has 0 aliphatic carbocycles. The summed E-state index contributed by atoms with van der Waals surface area (Å²) in [6.45, 7) is 3.99. The Kier molecular flexibility index (Phi) is 6.03. The van der Waals surface area contributed by atoms with Gasteiger partial charge in [0.1, 0.15) is 9.73 Å². The highest BCUT2D eigenvalue weighted by Gasteiger charge is 2.48. The van der Waals surface area contributed by atoms with E-state index in [0.29, 0.717) is 4.90 Å². The summed E-state index contributed by atoms with van der Waals surface area (Å²) < 4.78 is 49.0. The lowest BCUT2D eigenvalue weighted by Gasteiger charge is -2.09. The third-order valence-corrected chi connectivity index (χ3v) is 9.08. The molecule has 0 spiro atoms. The highest BCUT2D eigenvalue weighted by Crippen LogP contribution is 2.38. The average Bonchev–Trinajstić information content (AvgIpc) is 3.43. The molecule has 3 atom stereocenters. The molecule has 1 aliphatic heterocycles. The van der Waals surface area contributed by atoms with Gasteiger partial charge in [0, 0.05) is 0 Å². The smallest absolute Gasteiger partial charge is 0.290 e. The van der Waals surface area contributed by atoms with Crippen LogP contribution in [0.5, 0.6) is 0 Å². The van der Waals surface area contributed by atoms with E-state index in [2.05, 4.69) is 10.7 Å². The molecule has 1 heterocycles. The largest absolute Gasteiger partial charge is 0.354 e. The van der Waals surface area contributed by atoms with Crippen LogP contribution in [-0.4, -0.2) is 24.2 Å². The Balaban J connectivity index is 2.00. The van der Waals surface area contributed by atoms with E-state index in [0.717, 1.165) is 31.2 Å². The first-order chi connectivity index (χ1) is 12.9. The molecule has 1 unspecified atom stereocenters. The number of hydrogen-bond acceptors (Lipinski definition) is 4. The summed E-state index contributed by atoms with van der Waals surface area (Å²) in [7, 11) is -7.33. The third kappa shape index (κ3) is 4.59. The molecule has 0 radical (unpaired) electrons. The number of nitrogens with zero attached hydrogens (tertiary/aromatic N) is 1. The quantitative estimate of drug-likeness (QED) is 0.476. The topological polar surface area (TPSA) is 76.1 Å². The molecule has 1 fully saturated rings. The predicted molar refractivity (Wildman–Crippen MR) is 106 cm³/mol. The van der Waals surface area contributed by atoms with E-state index in [1.165, 1.54) is 12.1 Å². The van der Waals surface area contributed by atoms with E-state index in [1.807, 2.05) is 6.92 Å². The molecule has 2 aromatic rings. The van der Waals surface area contributed by atoms with Gasteiger partial charge >= 0.3 is 0 Å². The van der Waals surface area contributed by atoms with E-state index >= 15 is 0 Å². The van der Waals surface area contributed by atoms with Crippen molar-refractivity contribution in [2.24, 2.45) is 3.77 Å². The molecule has 27 heavy (non-hydrogen) atoms. The van der Waals surface area contributed by atoms with Gasteiger partial charge < -0.3 is 4.74 Å². The fourth-order valence-corrected chi connectivity index (χ4v) is 7.27. The molecule has 2 aromatic carbocycles. The lowest BCUT2D eigenvalue weighted by atomic mass is 10.2. The minimum Gasteiger partial charge on any atom is -0.354 e. The number of epoxide rings is 1. The van der Waals surface area contributed by atoms with Gasteiger partial charge in [-0.2, -0.15) is 8.42 Å². The predicted octanol–water partition coefficient (Wildman–Crippen LogP) is 4.52. The summed E-state index contributed by atoms with van der Waals surface area (Å²) in [6.07, 6.45) is 3.67. The molecule has 0 saturated carbocycles. The van der Waals surface area contributed by atoms with Gasteiger partial charge in [0.05, 0.1) is 15.9 Å². The third-order valence-electron chi connectivity index (χ3n) is 4.55. The minimum absolute atomic E-state index is 0.0416. The van der Waals surface area contributed by atoms with E-state index in [4.69, 9.17) is 4.74 Å². The molecule has 0 N–H and O–H groups in total. The van der Waals surface area contributed by atoms with Gasteiger partial charge in [0.2, 0.25) is 0 Å². The van der Waals surface area contributed by atoms with Crippen LogP contribution in [0.3, 0.4) is 0 Å². The zero-order valence-electron chi connectivity index (χ0n) is 15.6. The van der Waals surface area contributed by atoms with Gasteiger partial charge in [0.25, 0.3) is 10.0 Å². The van der Waals surface area contributed by atoms with Crippen LogP contribution in [0.1, 0.15) is 38.2 Å². The van der Waals surface area contributed by atoms with Crippen molar-refractivity contribution in [3.63, 3.8) is 0 Å². The number of benzene rings is 2. The molecule has 1 aliphatic rings. The Morgan fingerprint density at radius 2 is 1.59 bits per heavy atom. The molecule has 1 saturated heterocycles. The number of hydrogen-bond donors (Lipinski definition) is 0. The Bertz CT molecular complexity index is 992. The fraction of sp³-hybridized carbons (Fsp3) is 0.400. The number of ether oxygens (including phenoxy) is 1. The van der Waals surface area contributed by atoms with Gasteiger partial charge in [-0.05, 0) is 37.6 Å². The Morgan fingerprint density at radius 3 is 2.22 bits per heavy atom. The second-order valence-electron chi connectivity index (χ2n) is 6.78. The van der Waals surface area contributed by atoms with Crippen LogP contribution in [0.4, 0.5) is 0 Å². The molecule has 0 amide bonds. The van der Waals surface area contributed by atoms with E-state index in [1.54, 1.807) is 42.5 Å². The van der Waals surface area contributed by atoms with E-state index in [-0.39, 0.29) is 11.0 Å². The van der Waals surface area contributed by atoms with Crippen molar-refractivity contribution in [2.75, 3.05) is 0 Å². The maximum Gasteiger partial charge on any atom is 0.290 e. The van der Waals surface area contributed by atoms with Crippen molar-refractivity contribution < 1.29 is 17.4 Å². The Labute approximate surface area is 162 Å². The number of unbranched alkanes of at least 4 members (excludes halogenated alkanes) is 2. The molecule has 0 aromatic heterocycles. The number of sulfonamides is 1. The molecular weight excluding hydrogens is 382 g/mol. The van der Waals surface area contributed by atoms with Crippen molar-refractivity contribution in [3.8, 4) is 0 Å². The van der Waals surface area contributed by atoms with Crippen LogP contribution >= 0.6 is 0 Å². The van der Waals surface area contributed by atoms with Gasteiger partial charge in [-0.15, -0.1) is 0 Å². The van der Waals surface area contributed by atoms with E-state index in [9.17, 15) is 12.6 Å². The molecule has 7 heteroatoms. The minimum atomic E-state index is -4.07. The van der Waals surface area contributed by atoms with Gasteiger partial charge in [-0.3, -0.25) is 0 Å². The zero-order valence-corrected chi connectivity index (χ0v) is 17.2. The second kappa shape index (κ2) is 8.12. The highest BCUT2D eigenvalue weighted by atomic mass is 32.3. The molecule has 0 bridgehead atoms. The first-order valence-electron chi connectivity index (χ1n) is 9.16. The summed E-state index contributed by atoms with van der Waals surface area (Å²) in [5, 5.41) is 0. The first kappa shape index (κ1) is 20.0.